The highest BCUT2D eigenvalue weighted by molar-refractivity contribution is 6.32. The van der Waals surface area contributed by atoms with Gasteiger partial charge in [-0.15, -0.1) is 0 Å². The number of aryl methyl sites for hydroxylation is 1. The van der Waals surface area contributed by atoms with Crippen LogP contribution in [-0.2, 0) is 11.3 Å². The van der Waals surface area contributed by atoms with Gasteiger partial charge in [-0.3, -0.25) is 4.79 Å². The number of fused-ring (bicyclic) bond motifs is 1. The lowest BCUT2D eigenvalue weighted by Gasteiger charge is -2.11. The first-order valence-electron chi connectivity index (χ1n) is 8.66. The van der Waals surface area contributed by atoms with Crippen molar-refractivity contribution in [3.63, 3.8) is 0 Å². The van der Waals surface area contributed by atoms with Gasteiger partial charge in [0.05, 0.1) is 10.4 Å². The zero-order valence-corrected chi connectivity index (χ0v) is 15.6. The van der Waals surface area contributed by atoms with Crippen LogP contribution in [0.25, 0.3) is 10.8 Å². The van der Waals surface area contributed by atoms with Crippen molar-refractivity contribution >= 4 is 28.3 Å². The van der Waals surface area contributed by atoms with Gasteiger partial charge >= 0.3 is 5.97 Å². The molecule has 0 aliphatic heterocycles. The highest BCUT2D eigenvalue weighted by Crippen LogP contribution is 2.22. The number of nitrogens with zero attached hydrogens (tertiary/aromatic N) is 2. The molecule has 0 aliphatic carbocycles. The number of carbonyl (C=O) groups excluding carboxylic acids is 1. The van der Waals surface area contributed by atoms with Crippen LogP contribution in [0.2, 0.25) is 5.02 Å². The molecule has 0 radical (unpaired) electrons. The van der Waals surface area contributed by atoms with Crippen molar-refractivity contribution in [2.45, 2.75) is 19.9 Å². The van der Waals surface area contributed by atoms with E-state index in [1.807, 2.05) is 6.92 Å². The monoisotopic (exact) mass is 386 g/mol. The summed E-state index contributed by atoms with van der Waals surface area (Å²) < 4.78 is 12.1. The van der Waals surface area contributed by atoms with E-state index in [1.165, 1.54) is 4.68 Å². The molecule has 1 aromatic heterocycles. The zero-order chi connectivity index (χ0) is 19.2. The van der Waals surface area contributed by atoms with Crippen LogP contribution < -0.4 is 10.3 Å². The highest BCUT2D eigenvalue weighted by Gasteiger charge is 2.17. The third-order valence-corrected chi connectivity index (χ3v) is 4.22. The molecule has 0 spiro atoms. The number of carbonyl (C=O) groups is 1. The summed E-state index contributed by atoms with van der Waals surface area (Å²) in [6.45, 7) is 2.56. The quantitative estimate of drug-likeness (QED) is 0.457. The van der Waals surface area contributed by atoms with Crippen LogP contribution in [-0.4, -0.2) is 29.0 Å². The topological polar surface area (TPSA) is 70.4 Å². The number of esters is 1. The van der Waals surface area contributed by atoms with Gasteiger partial charge in [-0.2, -0.15) is 5.10 Å². The third-order valence-electron chi connectivity index (χ3n) is 3.91. The summed E-state index contributed by atoms with van der Waals surface area (Å²) in [5, 5.41) is 5.62. The van der Waals surface area contributed by atoms with Gasteiger partial charge in [0.1, 0.15) is 19.0 Å². The minimum atomic E-state index is -0.598. The molecule has 27 heavy (non-hydrogen) atoms. The molecule has 6 nitrogen and oxygen atoms in total. The molecule has 3 rings (SSSR count). The van der Waals surface area contributed by atoms with Crippen LogP contribution in [0, 0.1) is 0 Å². The van der Waals surface area contributed by atoms with Crippen molar-refractivity contribution in [3.05, 3.63) is 69.6 Å². The van der Waals surface area contributed by atoms with Gasteiger partial charge in [-0.1, -0.05) is 48.9 Å². The molecule has 7 heteroatoms. The Morgan fingerprint density at radius 2 is 1.78 bits per heavy atom. The van der Waals surface area contributed by atoms with Crippen molar-refractivity contribution in [3.8, 4) is 5.75 Å². The summed E-state index contributed by atoms with van der Waals surface area (Å²) in [7, 11) is 0. The molecule has 3 aromatic rings. The Balaban J connectivity index is 1.74. The molecule has 0 bridgehead atoms. The first-order chi connectivity index (χ1) is 13.1. The second kappa shape index (κ2) is 8.68. The first-order valence-corrected chi connectivity index (χ1v) is 9.04. The van der Waals surface area contributed by atoms with Crippen molar-refractivity contribution in [2.75, 3.05) is 13.2 Å². The highest BCUT2D eigenvalue weighted by atomic mass is 35.5. The summed E-state index contributed by atoms with van der Waals surface area (Å²) in [6.07, 6.45) is 0.728. The number of benzene rings is 2. The average Bonchev–Trinajstić information content (AvgIpc) is 2.68. The largest absolute Gasteiger partial charge is 0.488 e. The lowest BCUT2D eigenvalue weighted by Crippen LogP contribution is -2.26. The second-order valence-corrected chi connectivity index (χ2v) is 6.24. The van der Waals surface area contributed by atoms with Gasteiger partial charge in [-0.25, -0.2) is 9.48 Å². The van der Waals surface area contributed by atoms with Crippen molar-refractivity contribution in [2.24, 2.45) is 0 Å². The lowest BCUT2D eigenvalue weighted by atomic mass is 10.1. The van der Waals surface area contributed by atoms with E-state index < -0.39 is 5.97 Å². The number of hydrogen-bond donors (Lipinski definition) is 0. The Kier molecular flexibility index (Phi) is 6.08. The maximum absolute atomic E-state index is 12.5. The van der Waals surface area contributed by atoms with Crippen LogP contribution in [0.3, 0.4) is 0 Å². The van der Waals surface area contributed by atoms with E-state index in [4.69, 9.17) is 21.1 Å². The molecule has 0 saturated heterocycles. The van der Waals surface area contributed by atoms with Gasteiger partial charge in [0.15, 0.2) is 5.69 Å². The van der Waals surface area contributed by atoms with Gasteiger partial charge < -0.3 is 9.47 Å². The van der Waals surface area contributed by atoms with E-state index in [9.17, 15) is 9.59 Å². The van der Waals surface area contributed by atoms with E-state index in [0.29, 0.717) is 28.1 Å². The zero-order valence-electron chi connectivity index (χ0n) is 14.9. The second-order valence-electron chi connectivity index (χ2n) is 5.84. The Morgan fingerprint density at radius 3 is 2.52 bits per heavy atom. The van der Waals surface area contributed by atoms with Crippen LogP contribution in [0.1, 0.15) is 23.8 Å². The Labute approximate surface area is 161 Å². The molecule has 0 unspecified atom stereocenters. The van der Waals surface area contributed by atoms with E-state index in [-0.39, 0.29) is 24.5 Å². The fraction of sp³-hybridized carbons (Fsp3) is 0.250. The fourth-order valence-electron chi connectivity index (χ4n) is 2.67. The molecule has 0 atom stereocenters. The van der Waals surface area contributed by atoms with Crippen LogP contribution in [0.4, 0.5) is 0 Å². The molecule has 1 heterocycles. The maximum Gasteiger partial charge on any atom is 0.359 e. The minimum absolute atomic E-state index is 0.0347. The standard InChI is InChI=1S/C20H19ClN2O4/c1-2-11-23-19(24)15-8-4-3-7-14(15)18(22-23)20(25)27-13-12-26-17-10-6-5-9-16(17)21/h3-10H,2,11-13H2,1H3. The maximum atomic E-state index is 12.5. The first kappa shape index (κ1) is 18.9. The number of ether oxygens (including phenoxy) is 2. The third kappa shape index (κ3) is 4.28. The number of aromatic nitrogens is 2. The van der Waals surface area contributed by atoms with Gasteiger partial charge in [0.25, 0.3) is 5.56 Å². The van der Waals surface area contributed by atoms with Crippen LogP contribution >= 0.6 is 11.6 Å². The summed E-state index contributed by atoms with van der Waals surface area (Å²) in [6, 6.07) is 13.9. The predicted octanol–water partition coefficient (Wildman–Crippen LogP) is 3.70. The normalized spacial score (nSPS) is 10.7. The number of para-hydroxylation sites is 1. The van der Waals surface area contributed by atoms with E-state index in [2.05, 4.69) is 5.10 Å². The molecule has 0 N–H and O–H groups in total. The summed E-state index contributed by atoms with van der Waals surface area (Å²) in [4.78, 5) is 25.0. The lowest BCUT2D eigenvalue weighted by molar-refractivity contribution is 0.0443. The molecule has 0 amide bonds. The van der Waals surface area contributed by atoms with Gasteiger partial charge in [-0.05, 0) is 24.6 Å². The Hall–Kier alpha value is -2.86. The van der Waals surface area contributed by atoms with Crippen molar-refractivity contribution in [1.29, 1.82) is 0 Å². The van der Waals surface area contributed by atoms with E-state index in [0.717, 1.165) is 6.42 Å². The molecular formula is C20H19ClN2O4. The molecule has 0 saturated carbocycles. The van der Waals surface area contributed by atoms with Crippen molar-refractivity contribution in [1.82, 2.24) is 9.78 Å². The van der Waals surface area contributed by atoms with Crippen LogP contribution in [0.5, 0.6) is 5.75 Å². The van der Waals surface area contributed by atoms with E-state index >= 15 is 0 Å². The van der Waals surface area contributed by atoms with E-state index in [1.54, 1.807) is 48.5 Å². The molecule has 140 valence electrons. The summed E-state index contributed by atoms with van der Waals surface area (Å²) in [5.41, 5.74) is -0.0950. The smallest absolute Gasteiger partial charge is 0.359 e. The Morgan fingerprint density at radius 1 is 1.07 bits per heavy atom. The minimum Gasteiger partial charge on any atom is -0.488 e. The summed E-state index contributed by atoms with van der Waals surface area (Å²) >= 11 is 6.01. The molecule has 0 aliphatic rings. The number of hydrogen-bond acceptors (Lipinski definition) is 5. The predicted molar refractivity (Wildman–Crippen MR) is 104 cm³/mol. The number of rotatable bonds is 7. The summed E-state index contributed by atoms with van der Waals surface area (Å²) in [5.74, 6) is -0.0749. The van der Waals surface area contributed by atoms with Gasteiger partial charge in [0, 0.05) is 11.9 Å². The fourth-order valence-corrected chi connectivity index (χ4v) is 2.86. The molecule has 2 aromatic carbocycles. The van der Waals surface area contributed by atoms with Gasteiger partial charge in [0.2, 0.25) is 0 Å². The number of halogens is 1. The average molecular weight is 387 g/mol. The Bertz CT molecular complexity index is 1020. The SMILES string of the molecule is CCCn1nc(C(=O)OCCOc2ccccc2Cl)c2ccccc2c1=O. The molecule has 0 fully saturated rings. The molecular weight excluding hydrogens is 368 g/mol. The van der Waals surface area contributed by atoms with Crippen molar-refractivity contribution < 1.29 is 14.3 Å². The van der Waals surface area contributed by atoms with Crippen LogP contribution in [0.15, 0.2) is 53.3 Å².